The number of benzene rings is 3. The Bertz CT molecular complexity index is 1830. The molecule has 40 heavy (non-hydrogen) atoms. The maximum absolute atomic E-state index is 13.4. The molecular formula is C30H23N5O4S. The van der Waals surface area contributed by atoms with E-state index < -0.39 is 5.91 Å². The molecule has 0 radical (unpaired) electrons. The minimum absolute atomic E-state index is 0.0540. The van der Waals surface area contributed by atoms with Gasteiger partial charge in [0.2, 0.25) is 17.2 Å². The second-order valence-corrected chi connectivity index (χ2v) is 9.75. The summed E-state index contributed by atoms with van der Waals surface area (Å²) >= 11 is 1.18. The number of nitrogen functional groups attached to an aromatic ring is 1. The molecule has 0 aliphatic rings. The fourth-order valence-corrected chi connectivity index (χ4v) is 5.42. The summed E-state index contributed by atoms with van der Waals surface area (Å²) in [4.78, 5) is 19.1. The number of hydrogen-bond acceptors (Lipinski definition) is 8. The van der Waals surface area contributed by atoms with E-state index in [2.05, 4.69) is 10.6 Å². The van der Waals surface area contributed by atoms with Crippen LogP contribution in [0, 0.1) is 0 Å². The van der Waals surface area contributed by atoms with Crippen LogP contribution in [-0.4, -0.2) is 30.4 Å². The number of nitrogens with two attached hydrogens (primary N) is 1. The number of anilines is 1. The van der Waals surface area contributed by atoms with Crippen LogP contribution >= 0.6 is 11.3 Å². The molecule has 0 atom stereocenters. The lowest BCUT2D eigenvalue weighted by atomic mass is 9.98. The Hall–Kier alpha value is -5.22. The van der Waals surface area contributed by atoms with E-state index >= 15 is 0 Å². The molecule has 6 rings (SSSR count). The van der Waals surface area contributed by atoms with Gasteiger partial charge in [-0.25, -0.2) is 4.98 Å². The number of nitrogens with zero attached hydrogens (tertiary/aromatic N) is 4. The fourth-order valence-electron chi connectivity index (χ4n) is 4.41. The molecule has 0 fully saturated rings. The molecule has 1 amide bonds. The van der Waals surface area contributed by atoms with Crippen molar-refractivity contribution >= 4 is 39.0 Å². The van der Waals surface area contributed by atoms with Gasteiger partial charge in [-0.1, -0.05) is 48.5 Å². The number of thiophene rings is 1. The fraction of sp³-hybridized carbons (Fsp3) is 0.0667. The van der Waals surface area contributed by atoms with Gasteiger partial charge >= 0.3 is 0 Å². The lowest BCUT2D eigenvalue weighted by Gasteiger charge is -2.14. The van der Waals surface area contributed by atoms with Gasteiger partial charge in [-0.3, -0.25) is 0 Å². The monoisotopic (exact) mass is 549 g/mol. The number of ether oxygens (including phenoxy) is 2. The SMILES string of the molecule is COc1ccc(OC)c(-c2cc(-c3ccccc3)nc3sc(C(=O)[N-]c4c[n+](-c5ccccc5)no4)c(N)c23)c1. The van der Waals surface area contributed by atoms with Gasteiger partial charge in [0.15, 0.2) is 0 Å². The van der Waals surface area contributed by atoms with E-state index in [-0.39, 0.29) is 16.4 Å². The zero-order chi connectivity index (χ0) is 27.6. The number of hydrogen-bond donors (Lipinski definition) is 1. The minimum atomic E-state index is -0.554. The summed E-state index contributed by atoms with van der Waals surface area (Å²) in [5.41, 5.74) is 10.9. The van der Waals surface area contributed by atoms with Crippen molar-refractivity contribution < 1.29 is 23.5 Å². The molecule has 0 bridgehead atoms. The molecular weight excluding hydrogens is 526 g/mol. The molecule has 0 saturated carbocycles. The number of para-hydroxylation sites is 1. The lowest BCUT2D eigenvalue weighted by Crippen LogP contribution is -2.30. The Labute approximate surface area is 233 Å². The highest BCUT2D eigenvalue weighted by molar-refractivity contribution is 7.21. The van der Waals surface area contributed by atoms with Crippen molar-refractivity contribution in [2.75, 3.05) is 20.0 Å². The third kappa shape index (κ3) is 4.61. The van der Waals surface area contributed by atoms with E-state index in [1.54, 1.807) is 14.2 Å². The topological polar surface area (TPSA) is 118 Å². The summed E-state index contributed by atoms with van der Waals surface area (Å²) in [6.07, 6.45) is 1.54. The summed E-state index contributed by atoms with van der Waals surface area (Å²) < 4.78 is 18.0. The molecule has 0 aliphatic carbocycles. The van der Waals surface area contributed by atoms with E-state index in [0.29, 0.717) is 21.7 Å². The normalized spacial score (nSPS) is 10.9. The molecule has 3 aromatic carbocycles. The lowest BCUT2D eigenvalue weighted by molar-refractivity contribution is -0.670. The smallest absolute Gasteiger partial charge is 0.241 e. The predicted molar refractivity (Wildman–Crippen MR) is 153 cm³/mol. The van der Waals surface area contributed by atoms with Gasteiger partial charge in [0.1, 0.15) is 28.1 Å². The maximum atomic E-state index is 13.4. The van der Waals surface area contributed by atoms with Gasteiger partial charge in [0.25, 0.3) is 0 Å². The number of carbonyl (C=O) groups excluding carboxylic acids is 1. The van der Waals surface area contributed by atoms with Crippen LogP contribution in [0.5, 0.6) is 11.5 Å². The third-order valence-electron chi connectivity index (χ3n) is 6.35. The van der Waals surface area contributed by atoms with Gasteiger partial charge in [0.05, 0.1) is 30.5 Å². The van der Waals surface area contributed by atoms with Crippen LogP contribution < -0.4 is 19.9 Å². The van der Waals surface area contributed by atoms with Gasteiger partial charge in [-0.15, -0.1) is 11.3 Å². The van der Waals surface area contributed by atoms with Crippen molar-refractivity contribution in [3.05, 3.63) is 101 Å². The van der Waals surface area contributed by atoms with Gasteiger partial charge in [0, 0.05) is 34.2 Å². The van der Waals surface area contributed by atoms with Crippen molar-refractivity contribution in [1.82, 2.24) is 10.3 Å². The van der Waals surface area contributed by atoms with E-state index in [9.17, 15) is 4.79 Å². The van der Waals surface area contributed by atoms with Crippen LogP contribution in [0.2, 0.25) is 0 Å². The highest BCUT2D eigenvalue weighted by Crippen LogP contribution is 2.45. The summed E-state index contributed by atoms with van der Waals surface area (Å²) in [5, 5.41) is 8.74. The zero-order valence-corrected chi connectivity index (χ0v) is 22.4. The van der Waals surface area contributed by atoms with E-state index in [4.69, 9.17) is 24.7 Å². The van der Waals surface area contributed by atoms with Crippen LogP contribution in [0.3, 0.4) is 0 Å². The zero-order valence-electron chi connectivity index (χ0n) is 21.6. The average Bonchev–Trinajstić information content (AvgIpc) is 3.61. The quantitative estimate of drug-likeness (QED) is 0.231. The molecule has 0 aliphatic heterocycles. The first-order valence-electron chi connectivity index (χ1n) is 12.3. The highest BCUT2D eigenvalue weighted by Gasteiger charge is 2.22. The minimum Gasteiger partial charge on any atom is -0.583 e. The predicted octanol–water partition coefficient (Wildman–Crippen LogP) is 6.34. The molecule has 0 saturated heterocycles. The number of methoxy groups -OCH3 is 2. The molecule has 0 spiro atoms. The van der Waals surface area contributed by atoms with Gasteiger partial charge in [-0.2, -0.15) is 0 Å². The standard InChI is InChI=1S/C30H23N5O4S/c1-37-20-13-14-24(38-2)21(15-20)22-16-23(18-9-5-3-6-10-18)32-30-26(22)27(31)28(40-30)29(36)33-25-17-35(34-39-25)19-11-7-4-8-12-19/h3-17H,1-2H3,(H2-,31,33,34,36). The van der Waals surface area contributed by atoms with Gasteiger partial charge < -0.3 is 29.8 Å². The molecule has 3 aromatic heterocycles. The number of pyridine rings is 1. The second-order valence-electron chi connectivity index (χ2n) is 8.75. The van der Waals surface area contributed by atoms with Crippen LogP contribution in [0.15, 0.2) is 95.6 Å². The first kappa shape index (κ1) is 25.1. The number of fused-ring (bicyclic) bond motifs is 1. The first-order chi connectivity index (χ1) is 19.6. The van der Waals surface area contributed by atoms with Crippen LogP contribution in [0.25, 0.3) is 43.6 Å². The number of aromatic nitrogens is 3. The Morgan fingerprint density at radius 3 is 2.42 bits per heavy atom. The second kappa shape index (κ2) is 10.5. The number of carbonyl (C=O) groups is 1. The molecule has 198 valence electrons. The van der Waals surface area contributed by atoms with E-state index in [0.717, 1.165) is 28.1 Å². The summed E-state index contributed by atoms with van der Waals surface area (Å²) in [6, 6.07) is 26.7. The molecule has 9 nitrogen and oxygen atoms in total. The summed E-state index contributed by atoms with van der Waals surface area (Å²) in [7, 11) is 3.21. The van der Waals surface area contributed by atoms with Crippen molar-refractivity contribution in [1.29, 1.82) is 0 Å². The van der Waals surface area contributed by atoms with Gasteiger partial charge in [-0.05, 0) is 28.9 Å². The average molecular weight is 550 g/mol. The van der Waals surface area contributed by atoms with Crippen molar-refractivity contribution in [2.45, 2.75) is 0 Å². The molecule has 3 heterocycles. The number of amides is 1. The van der Waals surface area contributed by atoms with Crippen molar-refractivity contribution in [2.24, 2.45) is 0 Å². The van der Waals surface area contributed by atoms with E-state index in [1.165, 1.54) is 22.2 Å². The maximum Gasteiger partial charge on any atom is 0.241 e. The summed E-state index contributed by atoms with van der Waals surface area (Å²) in [5.74, 6) is 0.779. The van der Waals surface area contributed by atoms with Crippen molar-refractivity contribution in [3.8, 4) is 39.6 Å². The molecule has 2 N–H and O–H groups in total. The molecule has 6 aromatic rings. The third-order valence-corrected chi connectivity index (χ3v) is 7.43. The Morgan fingerprint density at radius 1 is 0.950 bits per heavy atom. The highest BCUT2D eigenvalue weighted by atomic mass is 32.1. The van der Waals surface area contributed by atoms with Crippen LogP contribution in [0.1, 0.15) is 9.67 Å². The Kier molecular flexibility index (Phi) is 6.59. The number of rotatable bonds is 7. The first-order valence-corrected chi connectivity index (χ1v) is 13.1. The largest absolute Gasteiger partial charge is 0.583 e. The molecule has 10 heteroatoms. The Balaban J connectivity index is 1.46. The van der Waals surface area contributed by atoms with Crippen LogP contribution in [-0.2, 0) is 0 Å². The Morgan fingerprint density at radius 2 is 1.70 bits per heavy atom. The summed E-state index contributed by atoms with van der Waals surface area (Å²) in [6.45, 7) is 0. The molecule has 0 unspecified atom stereocenters. The van der Waals surface area contributed by atoms with E-state index in [1.807, 2.05) is 84.9 Å². The van der Waals surface area contributed by atoms with Crippen molar-refractivity contribution in [3.63, 3.8) is 0 Å². The van der Waals surface area contributed by atoms with Crippen LogP contribution in [0.4, 0.5) is 11.6 Å².